The Bertz CT molecular complexity index is 367. The third kappa shape index (κ3) is 4.47. The number of nitrogens with one attached hydrogen (secondary N) is 1. The molecule has 0 radical (unpaired) electrons. The average Bonchev–Trinajstić information content (AvgIpc) is 2.37. The molecule has 0 fully saturated rings. The Balaban J connectivity index is 2.78. The molecule has 0 aliphatic carbocycles. The maximum Gasteiger partial charge on any atom is 0.305 e. The lowest BCUT2D eigenvalue weighted by molar-refractivity contribution is -0.138. The molecule has 3 N–H and O–H groups in total. The molecule has 0 amide bonds. The minimum atomic E-state index is -0.911. The van der Waals surface area contributed by atoms with E-state index in [1.54, 1.807) is 12.1 Å². The van der Waals surface area contributed by atoms with Crippen molar-refractivity contribution in [3.63, 3.8) is 0 Å². The molecule has 0 aliphatic rings. The summed E-state index contributed by atoms with van der Waals surface area (Å²) in [5.74, 6) is -0.911. The van der Waals surface area contributed by atoms with Crippen LogP contribution in [0, 0.1) is 0 Å². The number of carbonyl (C=O) groups is 1. The van der Waals surface area contributed by atoms with Gasteiger partial charge in [-0.05, 0) is 18.9 Å². The largest absolute Gasteiger partial charge is 0.481 e. The molecule has 1 aromatic rings. The SMILES string of the molecule is CCC(C)NC(CC(=O)O)C(O)c1ccccc1. The third-order valence-electron chi connectivity index (χ3n) is 3.03. The fourth-order valence-corrected chi connectivity index (χ4v) is 1.82. The predicted molar refractivity (Wildman–Crippen MR) is 70.3 cm³/mol. The molecule has 0 bridgehead atoms. The summed E-state index contributed by atoms with van der Waals surface area (Å²) in [5, 5.41) is 22.3. The van der Waals surface area contributed by atoms with Gasteiger partial charge in [-0.1, -0.05) is 37.3 Å². The molecule has 0 saturated carbocycles. The fourth-order valence-electron chi connectivity index (χ4n) is 1.82. The van der Waals surface area contributed by atoms with Crippen molar-refractivity contribution in [3.8, 4) is 0 Å². The Kier molecular flexibility index (Phi) is 5.82. The summed E-state index contributed by atoms with van der Waals surface area (Å²) in [6.07, 6.45) is -0.0193. The zero-order valence-corrected chi connectivity index (χ0v) is 10.8. The van der Waals surface area contributed by atoms with Crippen molar-refractivity contribution in [2.24, 2.45) is 0 Å². The van der Waals surface area contributed by atoms with E-state index in [1.165, 1.54) is 0 Å². The maximum absolute atomic E-state index is 10.9. The lowest BCUT2D eigenvalue weighted by Crippen LogP contribution is -2.41. The number of hydrogen-bond donors (Lipinski definition) is 3. The van der Waals surface area contributed by atoms with Crippen molar-refractivity contribution in [2.75, 3.05) is 0 Å². The van der Waals surface area contributed by atoms with Crippen LogP contribution >= 0.6 is 0 Å². The van der Waals surface area contributed by atoms with Crippen LogP contribution in [0.4, 0.5) is 0 Å². The van der Waals surface area contributed by atoms with Crippen LogP contribution < -0.4 is 5.32 Å². The second-order valence-electron chi connectivity index (χ2n) is 4.54. The highest BCUT2D eigenvalue weighted by molar-refractivity contribution is 5.67. The van der Waals surface area contributed by atoms with E-state index in [2.05, 4.69) is 5.32 Å². The molecule has 0 aliphatic heterocycles. The van der Waals surface area contributed by atoms with Crippen molar-refractivity contribution < 1.29 is 15.0 Å². The van der Waals surface area contributed by atoms with Crippen LogP contribution in [0.15, 0.2) is 30.3 Å². The normalized spacial score (nSPS) is 15.9. The topological polar surface area (TPSA) is 69.6 Å². The quantitative estimate of drug-likeness (QED) is 0.693. The van der Waals surface area contributed by atoms with E-state index >= 15 is 0 Å². The summed E-state index contributed by atoms with van der Waals surface area (Å²) in [7, 11) is 0. The molecule has 1 aromatic carbocycles. The number of aliphatic hydroxyl groups is 1. The summed E-state index contributed by atoms with van der Waals surface area (Å²) in [5.41, 5.74) is 0.736. The fraction of sp³-hybridized carbons (Fsp3) is 0.500. The van der Waals surface area contributed by atoms with Crippen molar-refractivity contribution in [1.29, 1.82) is 0 Å². The number of aliphatic hydroxyl groups excluding tert-OH is 1. The number of carboxylic acid groups (broad SMARTS) is 1. The van der Waals surface area contributed by atoms with Gasteiger partial charge >= 0.3 is 5.97 Å². The molecule has 18 heavy (non-hydrogen) atoms. The van der Waals surface area contributed by atoms with Gasteiger partial charge < -0.3 is 15.5 Å². The molecule has 1 rings (SSSR count). The smallest absolute Gasteiger partial charge is 0.305 e. The first-order valence-electron chi connectivity index (χ1n) is 6.25. The second kappa shape index (κ2) is 7.13. The minimum absolute atomic E-state index is 0.0968. The molecular weight excluding hydrogens is 230 g/mol. The number of hydrogen-bond acceptors (Lipinski definition) is 3. The Morgan fingerprint density at radius 2 is 1.94 bits per heavy atom. The number of rotatable bonds is 7. The molecule has 100 valence electrons. The van der Waals surface area contributed by atoms with E-state index < -0.39 is 18.1 Å². The summed E-state index contributed by atoms with van der Waals surface area (Å²) in [6, 6.07) is 8.84. The van der Waals surface area contributed by atoms with Crippen LogP contribution in [-0.2, 0) is 4.79 Å². The van der Waals surface area contributed by atoms with Gasteiger partial charge in [0.2, 0.25) is 0 Å². The van der Waals surface area contributed by atoms with Gasteiger partial charge in [0.15, 0.2) is 0 Å². The Hall–Kier alpha value is -1.39. The Labute approximate surface area is 108 Å². The van der Waals surface area contributed by atoms with Crippen LogP contribution in [0.3, 0.4) is 0 Å². The van der Waals surface area contributed by atoms with Crippen molar-refractivity contribution in [1.82, 2.24) is 5.32 Å². The molecule has 0 spiro atoms. The summed E-state index contributed by atoms with van der Waals surface area (Å²) in [6.45, 7) is 4.00. The van der Waals surface area contributed by atoms with Crippen LogP contribution in [0.5, 0.6) is 0 Å². The van der Waals surface area contributed by atoms with Crippen LogP contribution in [-0.4, -0.2) is 28.3 Å². The maximum atomic E-state index is 10.9. The van der Waals surface area contributed by atoms with Gasteiger partial charge in [0.05, 0.1) is 12.5 Å². The summed E-state index contributed by atoms with van der Waals surface area (Å²) < 4.78 is 0. The van der Waals surface area contributed by atoms with Crippen molar-refractivity contribution >= 4 is 5.97 Å². The summed E-state index contributed by atoms with van der Waals surface area (Å²) in [4.78, 5) is 10.9. The number of carboxylic acids is 1. The zero-order chi connectivity index (χ0) is 13.5. The zero-order valence-electron chi connectivity index (χ0n) is 10.8. The van der Waals surface area contributed by atoms with Gasteiger partial charge in [0.25, 0.3) is 0 Å². The van der Waals surface area contributed by atoms with E-state index in [9.17, 15) is 9.90 Å². The van der Waals surface area contributed by atoms with Gasteiger partial charge in [-0.3, -0.25) is 4.79 Å². The van der Waals surface area contributed by atoms with Gasteiger partial charge in [-0.25, -0.2) is 0 Å². The molecule has 3 unspecified atom stereocenters. The molecule has 4 nitrogen and oxygen atoms in total. The van der Waals surface area contributed by atoms with Crippen molar-refractivity contribution in [2.45, 2.75) is 44.9 Å². The monoisotopic (exact) mass is 251 g/mol. The molecule has 0 saturated heterocycles. The van der Waals surface area contributed by atoms with E-state index in [1.807, 2.05) is 32.0 Å². The first-order chi connectivity index (χ1) is 8.54. The Morgan fingerprint density at radius 3 is 2.44 bits per heavy atom. The van der Waals surface area contributed by atoms with E-state index in [0.717, 1.165) is 12.0 Å². The van der Waals surface area contributed by atoms with Crippen LogP contribution in [0.25, 0.3) is 0 Å². The molecule has 0 aromatic heterocycles. The molecule has 3 atom stereocenters. The van der Waals surface area contributed by atoms with Gasteiger partial charge in [-0.15, -0.1) is 0 Å². The molecule has 4 heteroatoms. The first kappa shape index (κ1) is 14.7. The number of aliphatic carboxylic acids is 1. The van der Waals surface area contributed by atoms with Crippen LogP contribution in [0.2, 0.25) is 0 Å². The van der Waals surface area contributed by atoms with E-state index in [0.29, 0.717) is 0 Å². The van der Waals surface area contributed by atoms with Gasteiger partial charge in [0, 0.05) is 12.1 Å². The lowest BCUT2D eigenvalue weighted by Gasteiger charge is -2.26. The highest BCUT2D eigenvalue weighted by atomic mass is 16.4. The second-order valence-corrected chi connectivity index (χ2v) is 4.54. The van der Waals surface area contributed by atoms with E-state index in [4.69, 9.17) is 5.11 Å². The van der Waals surface area contributed by atoms with Crippen LogP contribution in [0.1, 0.15) is 38.4 Å². The minimum Gasteiger partial charge on any atom is -0.481 e. The highest BCUT2D eigenvalue weighted by Crippen LogP contribution is 2.19. The molecule has 0 heterocycles. The third-order valence-corrected chi connectivity index (χ3v) is 3.03. The highest BCUT2D eigenvalue weighted by Gasteiger charge is 2.24. The van der Waals surface area contributed by atoms with Crippen molar-refractivity contribution in [3.05, 3.63) is 35.9 Å². The molecular formula is C14H21NO3. The first-order valence-corrected chi connectivity index (χ1v) is 6.25. The standard InChI is InChI=1S/C14H21NO3/c1-3-10(2)15-12(9-13(16)17)14(18)11-7-5-4-6-8-11/h4-8,10,12,14-15,18H,3,9H2,1-2H3,(H,16,17). The van der Waals surface area contributed by atoms with Gasteiger partial charge in [0.1, 0.15) is 0 Å². The lowest BCUT2D eigenvalue weighted by atomic mass is 9.98. The average molecular weight is 251 g/mol. The predicted octanol–water partition coefficient (Wildman–Crippen LogP) is 1.95. The Morgan fingerprint density at radius 1 is 1.33 bits per heavy atom. The van der Waals surface area contributed by atoms with E-state index in [-0.39, 0.29) is 12.5 Å². The summed E-state index contributed by atoms with van der Waals surface area (Å²) >= 11 is 0. The van der Waals surface area contributed by atoms with Gasteiger partial charge in [-0.2, -0.15) is 0 Å². The number of benzene rings is 1.